The SMILES string of the molecule is CC(C)c1ccc(CNC2CCS(=O)(=O)CC2)cc1. The van der Waals surface area contributed by atoms with E-state index >= 15 is 0 Å². The Morgan fingerprint density at radius 2 is 1.74 bits per heavy atom. The molecule has 0 atom stereocenters. The fourth-order valence-electron chi connectivity index (χ4n) is 2.38. The smallest absolute Gasteiger partial charge is 0.150 e. The van der Waals surface area contributed by atoms with Crippen LogP contribution in [0.1, 0.15) is 43.7 Å². The molecular formula is C15H23NO2S. The lowest BCUT2D eigenvalue weighted by Gasteiger charge is -2.23. The van der Waals surface area contributed by atoms with Crippen LogP contribution >= 0.6 is 0 Å². The monoisotopic (exact) mass is 281 g/mol. The first-order valence-electron chi connectivity index (χ1n) is 6.99. The minimum absolute atomic E-state index is 0.330. The maximum Gasteiger partial charge on any atom is 0.150 e. The van der Waals surface area contributed by atoms with Crippen molar-refractivity contribution < 1.29 is 8.42 Å². The van der Waals surface area contributed by atoms with Crippen LogP contribution in [0.2, 0.25) is 0 Å². The molecule has 1 heterocycles. The van der Waals surface area contributed by atoms with Gasteiger partial charge in [-0.05, 0) is 29.9 Å². The average molecular weight is 281 g/mol. The van der Waals surface area contributed by atoms with Gasteiger partial charge in [0.25, 0.3) is 0 Å². The van der Waals surface area contributed by atoms with Crippen molar-refractivity contribution in [3.05, 3.63) is 35.4 Å². The number of hydrogen-bond donors (Lipinski definition) is 1. The van der Waals surface area contributed by atoms with Crippen LogP contribution in [0, 0.1) is 0 Å². The van der Waals surface area contributed by atoms with Crippen molar-refractivity contribution in [1.82, 2.24) is 5.32 Å². The van der Waals surface area contributed by atoms with E-state index in [1.807, 2.05) is 0 Å². The number of hydrogen-bond acceptors (Lipinski definition) is 3. The van der Waals surface area contributed by atoms with Gasteiger partial charge in [-0.15, -0.1) is 0 Å². The molecule has 1 saturated heterocycles. The minimum Gasteiger partial charge on any atom is -0.310 e. The van der Waals surface area contributed by atoms with Crippen molar-refractivity contribution in [3.63, 3.8) is 0 Å². The molecule has 0 aliphatic carbocycles. The summed E-state index contributed by atoms with van der Waals surface area (Å²) < 4.78 is 22.7. The summed E-state index contributed by atoms with van der Waals surface area (Å²) in [5.74, 6) is 1.22. The second-order valence-electron chi connectivity index (χ2n) is 5.70. The summed E-state index contributed by atoms with van der Waals surface area (Å²) in [7, 11) is -2.75. The largest absolute Gasteiger partial charge is 0.310 e. The van der Waals surface area contributed by atoms with E-state index in [1.165, 1.54) is 11.1 Å². The summed E-state index contributed by atoms with van der Waals surface area (Å²) in [6.07, 6.45) is 1.48. The van der Waals surface area contributed by atoms with E-state index in [9.17, 15) is 8.42 Å². The summed E-state index contributed by atoms with van der Waals surface area (Å²) in [6.45, 7) is 5.20. The third-order valence-electron chi connectivity index (χ3n) is 3.80. The van der Waals surface area contributed by atoms with Crippen LogP contribution in [0.25, 0.3) is 0 Å². The molecule has 0 aromatic heterocycles. The van der Waals surface area contributed by atoms with E-state index in [-0.39, 0.29) is 0 Å². The first-order chi connectivity index (χ1) is 8.96. The number of nitrogens with one attached hydrogen (secondary N) is 1. The average Bonchev–Trinajstić information content (AvgIpc) is 2.38. The molecule has 1 aromatic carbocycles. The predicted molar refractivity (Wildman–Crippen MR) is 79.0 cm³/mol. The van der Waals surface area contributed by atoms with Crippen LogP contribution in [-0.2, 0) is 16.4 Å². The fourth-order valence-corrected chi connectivity index (χ4v) is 3.87. The van der Waals surface area contributed by atoms with Gasteiger partial charge in [-0.25, -0.2) is 8.42 Å². The quantitative estimate of drug-likeness (QED) is 0.922. The van der Waals surface area contributed by atoms with E-state index in [0.717, 1.165) is 19.4 Å². The van der Waals surface area contributed by atoms with Crippen LogP contribution in [0.5, 0.6) is 0 Å². The lowest BCUT2D eigenvalue weighted by atomic mass is 10.0. The number of benzene rings is 1. The van der Waals surface area contributed by atoms with Crippen molar-refractivity contribution in [2.24, 2.45) is 0 Å². The Hall–Kier alpha value is -0.870. The maximum atomic E-state index is 11.3. The minimum atomic E-state index is -2.75. The van der Waals surface area contributed by atoms with Crippen LogP contribution in [0.3, 0.4) is 0 Å². The normalized spacial score (nSPS) is 19.7. The van der Waals surface area contributed by atoms with Gasteiger partial charge in [0.05, 0.1) is 11.5 Å². The molecular weight excluding hydrogens is 258 g/mol. The standard InChI is InChI=1S/C15H23NO2S/c1-12(2)14-5-3-13(4-6-14)11-16-15-7-9-19(17,18)10-8-15/h3-6,12,15-16H,7-11H2,1-2H3. The Kier molecular flexibility index (Phi) is 4.63. The highest BCUT2D eigenvalue weighted by Crippen LogP contribution is 2.16. The van der Waals surface area contributed by atoms with Crippen molar-refractivity contribution in [2.45, 2.75) is 45.2 Å². The molecule has 19 heavy (non-hydrogen) atoms. The zero-order valence-electron chi connectivity index (χ0n) is 11.7. The molecule has 0 bridgehead atoms. The van der Waals surface area contributed by atoms with E-state index in [1.54, 1.807) is 0 Å². The van der Waals surface area contributed by atoms with Gasteiger partial charge in [0.2, 0.25) is 0 Å². The van der Waals surface area contributed by atoms with Gasteiger partial charge in [-0.2, -0.15) is 0 Å². The third-order valence-corrected chi connectivity index (χ3v) is 5.51. The van der Waals surface area contributed by atoms with E-state index in [2.05, 4.69) is 43.4 Å². The van der Waals surface area contributed by atoms with Crippen LogP contribution in [-0.4, -0.2) is 26.0 Å². The van der Waals surface area contributed by atoms with Crippen LogP contribution in [0.15, 0.2) is 24.3 Å². The van der Waals surface area contributed by atoms with Crippen molar-refractivity contribution in [1.29, 1.82) is 0 Å². The summed E-state index contributed by atoms with van der Waals surface area (Å²) in [5, 5.41) is 3.46. The lowest BCUT2D eigenvalue weighted by molar-refractivity contribution is 0.463. The zero-order valence-corrected chi connectivity index (χ0v) is 12.5. The highest BCUT2D eigenvalue weighted by atomic mass is 32.2. The summed E-state index contributed by atoms with van der Waals surface area (Å²) in [4.78, 5) is 0. The molecule has 106 valence electrons. The third kappa shape index (κ3) is 4.32. The molecule has 1 N–H and O–H groups in total. The maximum absolute atomic E-state index is 11.3. The molecule has 0 amide bonds. The molecule has 4 heteroatoms. The molecule has 0 spiro atoms. The van der Waals surface area contributed by atoms with Gasteiger partial charge in [0.1, 0.15) is 9.84 Å². The Morgan fingerprint density at radius 1 is 1.16 bits per heavy atom. The van der Waals surface area contributed by atoms with Gasteiger partial charge in [0, 0.05) is 12.6 Å². The van der Waals surface area contributed by atoms with E-state index < -0.39 is 9.84 Å². The van der Waals surface area contributed by atoms with Gasteiger partial charge < -0.3 is 5.32 Å². The van der Waals surface area contributed by atoms with Crippen molar-refractivity contribution in [3.8, 4) is 0 Å². The molecule has 1 fully saturated rings. The zero-order chi connectivity index (χ0) is 13.9. The summed E-state index contributed by atoms with van der Waals surface area (Å²) in [6, 6.07) is 9.00. The molecule has 2 rings (SSSR count). The lowest BCUT2D eigenvalue weighted by Crippen LogP contribution is -2.37. The fraction of sp³-hybridized carbons (Fsp3) is 0.600. The molecule has 1 aliphatic heterocycles. The number of sulfone groups is 1. The van der Waals surface area contributed by atoms with E-state index in [0.29, 0.717) is 23.5 Å². The Bertz CT molecular complexity index is 491. The van der Waals surface area contributed by atoms with Crippen LogP contribution in [0.4, 0.5) is 0 Å². The van der Waals surface area contributed by atoms with Crippen LogP contribution < -0.4 is 5.32 Å². The Balaban J connectivity index is 1.83. The first kappa shape index (κ1) is 14.5. The van der Waals surface area contributed by atoms with E-state index in [4.69, 9.17) is 0 Å². The second kappa shape index (κ2) is 6.06. The summed E-state index contributed by atoms with van der Waals surface area (Å²) in [5.41, 5.74) is 2.62. The molecule has 0 unspecified atom stereocenters. The van der Waals surface area contributed by atoms with Gasteiger partial charge in [-0.3, -0.25) is 0 Å². The molecule has 1 aromatic rings. The number of rotatable bonds is 4. The van der Waals surface area contributed by atoms with Gasteiger partial charge in [0.15, 0.2) is 0 Å². The molecule has 1 aliphatic rings. The van der Waals surface area contributed by atoms with Gasteiger partial charge >= 0.3 is 0 Å². The predicted octanol–water partition coefficient (Wildman–Crippen LogP) is 2.48. The highest BCUT2D eigenvalue weighted by Gasteiger charge is 2.22. The van der Waals surface area contributed by atoms with Crippen molar-refractivity contribution in [2.75, 3.05) is 11.5 Å². The first-order valence-corrected chi connectivity index (χ1v) is 8.81. The highest BCUT2D eigenvalue weighted by molar-refractivity contribution is 7.91. The Labute approximate surface area is 116 Å². The summed E-state index contributed by atoms with van der Waals surface area (Å²) >= 11 is 0. The molecule has 3 nitrogen and oxygen atoms in total. The second-order valence-corrected chi connectivity index (χ2v) is 8.01. The van der Waals surface area contributed by atoms with Crippen molar-refractivity contribution >= 4 is 9.84 Å². The molecule has 0 radical (unpaired) electrons. The Morgan fingerprint density at radius 3 is 2.26 bits per heavy atom. The topological polar surface area (TPSA) is 46.2 Å². The van der Waals surface area contributed by atoms with Gasteiger partial charge in [-0.1, -0.05) is 38.1 Å². The molecule has 0 saturated carbocycles.